The van der Waals surface area contributed by atoms with Crippen LogP contribution in [0.1, 0.15) is 38.2 Å². The molecule has 1 fully saturated rings. The molecule has 4 heteroatoms. The second-order valence-corrected chi connectivity index (χ2v) is 6.28. The van der Waals surface area contributed by atoms with Gasteiger partial charge in [0.1, 0.15) is 5.75 Å². The first kappa shape index (κ1) is 16.7. The van der Waals surface area contributed by atoms with Gasteiger partial charge in [-0.2, -0.15) is 0 Å². The molecule has 1 aromatic carbocycles. The van der Waals surface area contributed by atoms with Crippen LogP contribution in [0.4, 0.5) is 0 Å². The van der Waals surface area contributed by atoms with Gasteiger partial charge in [0.25, 0.3) is 0 Å². The fourth-order valence-electron chi connectivity index (χ4n) is 2.57. The Morgan fingerprint density at radius 3 is 2.59 bits per heavy atom. The molecule has 2 rings (SSSR count). The van der Waals surface area contributed by atoms with Crippen molar-refractivity contribution in [3.05, 3.63) is 29.8 Å². The Morgan fingerprint density at radius 1 is 1.23 bits per heavy atom. The van der Waals surface area contributed by atoms with E-state index >= 15 is 0 Å². The number of aliphatic imine (C=N–C) groups is 1. The maximum absolute atomic E-state index is 6.06. The number of guanidine groups is 1. The average molecular weight is 303 g/mol. The van der Waals surface area contributed by atoms with Crippen LogP contribution in [0.5, 0.6) is 5.75 Å². The van der Waals surface area contributed by atoms with Crippen LogP contribution in [0.25, 0.3) is 0 Å². The molecule has 0 aliphatic carbocycles. The minimum absolute atomic E-state index is 0.714. The molecule has 2 N–H and O–H groups in total. The molecule has 1 aliphatic heterocycles. The van der Waals surface area contributed by atoms with Crippen LogP contribution in [0, 0.1) is 12.8 Å². The lowest BCUT2D eigenvalue weighted by Gasteiger charge is -2.31. The van der Waals surface area contributed by atoms with Crippen LogP contribution in [0.2, 0.25) is 0 Å². The Labute approximate surface area is 134 Å². The van der Waals surface area contributed by atoms with E-state index in [1.54, 1.807) is 0 Å². The number of benzene rings is 1. The van der Waals surface area contributed by atoms with Crippen molar-refractivity contribution in [3.63, 3.8) is 0 Å². The molecule has 0 amide bonds. The molecular weight excluding hydrogens is 274 g/mol. The lowest BCUT2D eigenvalue weighted by molar-refractivity contribution is 0.277. The third kappa shape index (κ3) is 5.58. The van der Waals surface area contributed by atoms with E-state index in [0.29, 0.717) is 5.96 Å². The highest BCUT2D eigenvalue weighted by atomic mass is 16.5. The van der Waals surface area contributed by atoms with Gasteiger partial charge in [0.2, 0.25) is 0 Å². The summed E-state index contributed by atoms with van der Waals surface area (Å²) in [6.07, 6.45) is 4.46. The smallest absolute Gasteiger partial charge is 0.191 e. The highest BCUT2D eigenvalue weighted by Crippen LogP contribution is 2.15. The van der Waals surface area contributed by atoms with Crippen molar-refractivity contribution in [2.45, 2.75) is 39.5 Å². The van der Waals surface area contributed by atoms with Crippen molar-refractivity contribution in [2.24, 2.45) is 16.6 Å². The molecule has 1 heterocycles. The van der Waals surface area contributed by atoms with E-state index in [9.17, 15) is 0 Å². The van der Waals surface area contributed by atoms with E-state index in [4.69, 9.17) is 10.5 Å². The van der Waals surface area contributed by atoms with Gasteiger partial charge >= 0.3 is 0 Å². The fourth-order valence-corrected chi connectivity index (χ4v) is 2.57. The molecule has 0 aromatic heterocycles. The number of nitrogens with two attached hydrogens (primary N) is 1. The van der Waals surface area contributed by atoms with E-state index < -0.39 is 0 Å². The van der Waals surface area contributed by atoms with E-state index in [1.807, 2.05) is 12.1 Å². The van der Waals surface area contributed by atoms with Crippen LogP contribution < -0.4 is 10.5 Å². The summed E-state index contributed by atoms with van der Waals surface area (Å²) >= 11 is 0. The van der Waals surface area contributed by atoms with Gasteiger partial charge in [-0.1, -0.05) is 24.6 Å². The van der Waals surface area contributed by atoms with Crippen LogP contribution in [-0.2, 0) is 0 Å². The van der Waals surface area contributed by atoms with Gasteiger partial charge in [0.05, 0.1) is 6.61 Å². The predicted octanol–water partition coefficient (Wildman–Crippen LogP) is 3.20. The Bertz CT molecular complexity index is 462. The summed E-state index contributed by atoms with van der Waals surface area (Å²) in [5, 5.41) is 0. The van der Waals surface area contributed by atoms with E-state index in [-0.39, 0.29) is 0 Å². The molecule has 0 spiro atoms. The maximum atomic E-state index is 6.06. The van der Waals surface area contributed by atoms with Crippen molar-refractivity contribution in [1.29, 1.82) is 0 Å². The lowest BCUT2D eigenvalue weighted by atomic mass is 10.00. The highest BCUT2D eigenvalue weighted by Gasteiger charge is 2.16. The summed E-state index contributed by atoms with van der Waals surface area (Å²) in [7, 11) is 0. The van der Waals surface area contributed by atoms with Crippen molar-refractivity contribution in [3.8, 4) is 5.75 Å². The van der Waals surface area contributed by atoms with E-state index in [2.05, 4.69) is 35.9 Å². The van der Waals surface area contributed by atoms with E-state index in [1.165, 1.54) is 18.4 Å². The summed E-state index contributed by atoms with van der Waals surface area (Å²) in [5.74, 6) is 2.48. The Kier molecular flexibility index (Phi) is 6.56. The van der Waals surface area contributed by atoms with Crippen molar-refractivity contribution < 1.29 is 4.74 Å². The molecule has 4 nitrogen and oxygen atoms in total. The molecular formula is C18H29N3O. The zero-order valence-electron chi connectivity index (χ0n) is 13.9. The summed E-state index contributed by atoms with van der Waals surface area (Å²) in [6, 6.07) is 8.17. The standard InChI is InChI=1S/C18H29N3O/c1-15-5-7-17(8-6-15)22-14-4-3-11-20-18(19)21-12-9-16(2)10-13-21/h5-8,16H,3-4,9-14H2,1-2H3,(H2,19,20). The summed E-state index contributed by atoms with van der Waals surface area (Å²) in [5.41, 5.74) is 7.31. The normalized spacial score (nSPS) is 16.8. The zero-order valence-corrected chi connectivity index (χ0v) is 13.9. The molecule has 0 atom stereocenters. The fraction of sp³-hybridized carbons (Fsp3) is 0.611. The quantitative estimate of drug-likeness (QED) is 0.499. The molecule has 0 saturated carbocycles. The molecule has 122 valence electrons. The van der Waals surface area contributed by atoms with Crippen LogP contribution >= 0.6 is 0 Å². The van der Waals surface area contributed by atoms with E-state index in [0.717, 1.165) is 50.8 Å². The van der Waals surface area contributed by atoms with Crippen molar-refractivity contribution in [2.75, 3.05) is 26.2 Å². The predicted molar refractivity (Wildman–Crippen MR) is 92.4 cm³/mol. The van der Waals surface area contributed by atoms with Crippen molar-refractivity contribution >= 4 is 5.96 Å². The van der Waals surface area contributed by atoms with Crippen LogP contribution in [-0.4, -0.2) is 37.1 Å². The number of piperidine rings is 1. The first-order valence-electron chi connectivity index (χ1n) is 8.39. The molecule has 1 aliphatic rings. The average Bonchev–Trinajstić information content (AvgIpc) is 2.53. The number of aryl methyl sites for hydroxylation is 1. The topological polar surface area (TPSA) is 50.9 Å². The molecule has 0 radical (unpaired) electrons. The second-order valence-electron chi connectivity index (χ2n) is 6.28. The molecule has 22 heavy (non-hydrogen) atoms. The number of hydrogen-bond donors (Lipinski definition) is 1. The largest absolute Gasteiger partial charge is 0.494 e. The summed E-state index contributed by atoms with van der Waals surface area (Å²) in [4.78, 5) is 6.70. The van der Waals surface area contributed by atoms with Crippen LogP contribution in [0.15, 0.2) is 29.3 Å². The van der Waals surface area contributed by atoms with Gasteiger partial charge in [0.15, 0.2) is 5.96 Å². The minimum atomic E-state index is 0.714. The molecule has 0 bridgehead atoms. The first-order valence-corrected chi connectivity index (χ1v) is 8.39. The van der Waals surface area contributed by atoms with Gasteiger partial charge in [-0.3, -0.25) is 4.99 Å². The number of ether oxygens (including phenoxy) is 1. The first-order chi connectivity index (χ1) is 10.6. The second kappa shape index (κ2) is 8.66. The molecule has 0 unspecified atom stereocenters. The number of nitrogens with zero attached hydrogens (tertiary/aromatic N) is 2. The molecule has 1 aromatic rings. The third-order valence-corrected chi connectivity index (χ3v) is 4.22. The number of hydrogen-bond acceptors (Lipinski definition) is 2. The Balaban J connectivity index is 1.58. The number of unbranched alkanes of at least 4 members (excludes halogenated alkanes) is 1. The maximum Gasteiger partial charge on any atom is 0.191 e. The van der Waals surface area contributed by atoms with Crippen LogP contribution in [0.3, 0.4) is 0 Å². The monoisotopic (exact) mass is 303 g/mol. The van der Waals surface area contributed by atoms with Gasteiger partial charge in [-0.05, 0) is 50.7 Å². The van der Waals surface area contributed by atoms with Crippen molar-refractivity contribution in [1.82, 2.24) is 4.90 Å². The third-order valence-electron chi connectivity index (χ3n) is 4.22. The lowest BCUT2D eigenvalue weighted by Crippen LogP contribution is -2.42. The Hall–Kier alpha value is -1.71. The van der Waals surface area contributed by atoms with Gasteiger partial charge < -0.3 is 15.4 Å². The highest BCUT2D eigenvalue weighted by molar-refractivity contribution is 5.78. The SMILES string of the molecule is Cc1ccc(OCCCCN=C(N)N2CCC(C)CC2)cc1. The Morgan fingerprint density at radius 2 is 1.91 bits per heavy atom. The minimum Gasteiger partial charge on any atom is -0.494 e. The van der Waals surface area contributed by atoms with Gasteiger partial charge in [-0.25, -0.2) is 0 Å². The van der Waals surface area contributed by atoms with Gasteiger partial charge in [-0.15, -0.1) is 0 Å². The summed E-state index contributed by atoms with van der Waals surface area (Å²) in [6.45, 7) is 8.00. The summed E-state index contributed by atoms with van der Waals surface area (Å²) < 4.78 is 5.71. The zero-order chi connectivity index (χ0) is 15.8. The number of rotatable bonds is 6. The van der Waals surface area contributed by atoms with Gasteiger partial charge in [0, 0.05) is 19.6 Å². The molecule has 1 saturated heterocycles. The number of likely N-dealkylation sites (tertiary alicyclic amines) is 1.